The van der Waals surface area contributed by atoms with Crippen molar-refractivity contribution in [2.24, 2.45) is 5.92 Å². The highest BCUT2D eigenvalue weighted by Crippen LogP contribution is 2.32. The van der Waals surface area contributed by atoms with Crippen molar-refractivity contribution < 1.29 is 9.26 Å². The minimum absolute atomic E-state index is 0.284. The number of nitrogens with one attached hydrogen (secondary N) is 1. The monoisotopic (exact) mass is 396 g/mol. The molecule has 4 heterocycles. The van der Waals surface area contributed by atoms with Crippen LogP contribution in [0.25, 0.3) is 0 Å². The van der Waals surface area contributed by atoms with Crippen molar-refractivity contribution in [2.75, 3.05) is 39.3 Å². The van der Waals surface area contributed by atoms with E-state index in [9.17, 15) is 0 Å². The third kappa shape index (κ3) is 4.49. The summed E-state index contributed by atoms with van der Waals surface area (Å²) in [6.07, 6.45) is 6.72. The van der Waals surface area contributed by atoms with E-state index in [0.29, 0.717) is 12.0 Å². The Bertz CT molecular complexity index is 775. The highest BCUT2D eigenvalue weighted by Gasteiger charge is 2.38. The van der Waals surface area contributed by atoms with Crippen molar-refractivity contribution in [1.82, 2.24) is 20.3 Å². The van der Waals surface area contributed by atoms with Crippen LogP contribution in [0.5, 0.6) is 5.75 Å². The van der Waals surface area contributed by atoms with E-state index in [4.69, 9.17) is 9.26 Å². The van der Waals surface area contributed by atoms with Crippen molar-refractivity contribution in [3.8, 4) is 5.75 Å². The van der Waals surface area contributed by atoms with Crippen molar-refractivity contribution >= 4 is 0 Å². The van der Waals surface area contributed by atoms with Crippen LogP contribution in [0, 0.1) is 5.92 Å². The van der Waals surface area contributed by atoms with E-state index >= 15 is 0 Å². The average Bonchev–Trinajstić information content (AvgIpc) is 3.46. The summed E-state index contributed by atoms with van der Waals surface area (Å²) in [7, 11) is 0. The largest absolute Gasteiger partial charge is 0.493 e. The first kappa shape index (κ1) is 19.1. The molecule has 0 radical (unpaired) electrons. The van der Waals surface area contributed by atoms with Gasteiger partial charge in [-0.2, -0.15) is 0 Å². The summed E-state index contributed by atoms with van der Waals surface area (Å²) in [5.74, 6) is 1.61. The number of piperazine rings is 1. The first-order chi connectivity index (χ1) is 14.3. The highest BCUT2D eigenvalue weighted by molar-refractivity contribution is 5.28. The zero-order valence-corrected chi connectivity index (χ0v) is 17.1. The molecule has 1 aromatic carbocycles. The summed E-state index contributed by atoms with van der Waals surface area (Å²) in [4.78, 5) is 5.16. The van der Waals surface area contributed by atoms with Gasteiger partial charge in [-0.1, -0.05) is 17.3 Å². The molecule has 2 aromatic rings. The molecule has 3 aliphatic heterocycles. The Morgan fingerprint density at radius 3 is 2.93 bits per heavy atom. The lowest BCUT2D eigenvalue weighted by Gasteiger charge is -2.46. The van der Waals surface area contributed by atoms with Gasteiger partial charge >= 0.3 is 0 Å². The van der Waals surface area contributed by atoms with Crippen LogP contribution in [-0.2, 0) is 6.54 Å². The maximum absolute atomic E-state index is 6.24. The molecule has 0 amide bonds. The van der Waals surface area contributed by atoms with E-state index in [-0.39, 0.29) is 6.04 Å². The predicted octanol–water partition coefficient (Wildman–Crippen LogP) is 3.07. The van der Waals surface area contributed by atoms with E-state index in [0.717, 1.165) is 44.2 Å². The second-order valence-electron chi connectivity index (χ2n) is 8.80. The molecule has 3 atom stereocenters. The summed E-state index contributed by atoms with van der Waals surface area (Å²) in [5, 5.41) is 7.81. The zero-order chi connectivity index (χ0) is 19.5. The predicted molar refractivity (Wildman–Crippen MR) is 112 cm³/mol. The maximum Gasteiger partial charge on any atom is 0.124 e. The van der Waals surface area contributed by atoms with Gasteiger partial charge in [-0.3, -0.25) is 9.80 Å². The maximum atomic E-state index is 6.24. The Morgan fingerprint density at radius 1 is 1.14 bits per heavy atom. The molecule has 6 nitrogen and oxygen atoms in total. The van der Waals surface area contributed by atoms with E-state index in [1.165, 1.54) is 44.3 Å². The molecule has 156 valence electrons. The summed E-state index contributed by atoms with van der Waals surface area (Å²) < 4.78 is 11.3. The first-order valence-corrected chi connectivity index (χ1v) is 11.2. The lowest BCUT2D eigenvalue weighted by atomic mass is 9.87. The van der Waals surface area contributed by atoms with Crippen molar-refractivity contribution in [1.29, 1.82) is 0 Å². The van der Waals surface area contributed by atoms with E-state index < -0.39 is 0 Å². The molecule has 0 saturated carbocycles. The van der Waals surface area contributed by atoms with Crippen LogP contribution in [0.15, 0.2) is 41.1 Å². The molecular formula is C23H32N4O2. The number of likely N-dealkylation sites (tertiary alicyclic amines) is 1. The van der Waals surface area contributed by atoms with E-state index in [2.05, 4.69) is 44.5 Å². The Hall–Kier alpha value is -1.89. The normalized spacial score (nSPS) is 28.3. The summed E-state index contributed by atoms with van der Waals surface area (Å²) in [5.41, 5.74) is 2.40. The number of aromatic nitrogens is 1. The molecule has 5 rings (SSSR count). The molecule has 0 bridgehead atoms. The van der Waals surface area contributed by atoms with Crippen LogP contribution >= 0.6 is 0 Å². The van der Waals surface area contributed by atoms with Crippen molar-refractivity contribution in [2.45, 2.75) is 44.3 Å². The summed E-state index contributed by atoms with van der Waals surface area (Å²) in [6, 6.07) is 11.5. The number of hydrogen-bond donors (Lipinski definition) is 1. The summed E-state index contributed by atoms with van der Waals surface area (Å²) in [6.45, 7) is 7.52. The number of benzene rings is 1. The SMILES string of the molecule is c1cc(CN2CCCC2)cc(OCC2CCC3C(c4ccon4)NCCN3C2)c1. The Morgan fingerprint density at radius 2 is 2.07 bits per heavy atom. The molecule has 29 heavy (non-hydrogen) atoms. The van der Waals surface area contributed by atoms with Gasteiger partial charge in [0.15, 0.2) is 0 Å². The van der Waals surface area contributed by atoms with Gasteiger partial charge in [0.1, 0.15) is 17.7 Å². The van der Waals surface area contributed by atoms with Crippen LogP contribution in [-0.4, -0.2) is 60.3 Å². The lowest BCUT2D eigenvalue weighted by Crippen LogP contribution is -2.57. The molecule has 3 saturated heterocycles. The van der Waals surface area contributed by atoms with Gasteiger partial charge in [0.25, 0.3) is 0 Å². The van der Waals surface area contributed by atoms with Gasteiger partial charge in [0.05, 0.1) is 12.6 Å². The average molecular weight is 397 g/mol. The van der Waals surface area contributed by atoms with Gasteiger partial charge < -0.3 is 14.6 Å². The van der Waals surface area contributed by atoms with Crippen LogP contribution in [0.3, 0.4) is 0 Å². The summed E-state index contributed by atoms with van der Waals surface area (Å²) >= 11 is 0. The standard InChI is InChI=1S/C23H32N4O2/c1-2-11-26(10-1)15-18-4-3-5-20(14-18)28-17-19-6-7-22-23(21-8-13-29-25-21)24-9-12-27(22)16-19/h3-5,8,13-14,19,22-24H,1-2,6-7,9-12,15-17H2. The molecule has 1 N–H and O–H groups in total. The van der Waals surface area contributed by atoms with Gasteiger partial charge in [0, 0.05) is 44.2 Å². The molecule has 0 spiro atoms. The zero-order valence-electron chi connectivity index (χ0n) is 17.1. The molecule has 3 aliphatic rings. The van der Waals surface area contributed by atoms with Gasteiger partial charge in [-0.15, -0.1) is 0 Å². The second-order valence-corrected chi connectivity index (χ2v) is 8.80. The smallest absolute Gasteiger partial charge is 0.124 e. The van der Waals surface area contributed by atoms with Crippen LogP contribution in [0.2, 0.25) is 0 Å². The number of rotatable bonds is 6. The quantitative estimate of drug-likeness (QED) is 0.810. The molecule has 3 unspecified atom stereocenters. The number of hydrogen-bond acceptors (Lipinski definition) is 6. The fraction of sp³-hybridized carbons (Fsp3) is 0.609. The molecular weight excluding hydrogens is 364 g/mol. The van der Waals surface area contributed by atoms with Gasteiger partial charge in [-0.05, 0) is 56.5 Å². The van der Waals surface area contributed by atoms with Crippen LogP contribution < -0.4 is 10.1 Å². The second kappa shape index (κ2) is 8.86. The van der Waals surface area contributed by atoms with E-state index in [1.54, 1.807) is 6.26 Å². The van der Waals surface area contributed by atoms with Gasteiger partial charge in [0.2, 0.25) is 0 Å². The molecule has 6 heteroatoms. The Balaban J connectivity index is 1.15. The number of nitrogens with zero attached hydrogens (tertiary/aromatic N) is 3. The molecule has 3 fully saturated rings. The number of ether oxygens (including phenoxy) is 1. The third-order valence-corrected chi connectivity index (χ3v) is 6.75. The Labute approximate surface area is 173 Å². The lowest BCUT2D eigenvalue weighted by molar-refractivity contribution is 0.0374. The fourth-order valence-corrected chi connectivity index (χ4v) is 5.25. The van der Waals surface area contributed by atoms with Crippen LogP contribution in [0.4, 0.5) is 0 Å². The highest BCUT2D eigenvalue weighted by atomic mass is 16.5. The fourth-order valence-electron chi connectivity index (χ4n) is 5.25. The number of piperidine rings is 1. The van der Waals surface area contributed by atoms with Crippen molar-refractivity contribution in [3.63, 3.8) is 0 Å². The topological polar surface area (TPSA) is 53.8 Å². The first-order valence-electron chi connectivity index (χ1n) is 11.2. The van der Waals surface area contributed by atoms with Crippen LogP contribution in [0.1, 0.15) is 43.0 Å². The minimum Gasteiger partial charge on any atom is -0.493 e. The van der Waals surface area contributed by atoms with E-state index in [1.807, 2.05) is 6.07 Å². The minimum atomic E-state index is 0.284. The third-order valence-electron chi connectivity index (χ3n) is 6.75. The van der Waals surface area contributed by atoms with Gasteiger partial charge in [-0.25, -0.2) is 0 Å². The Kier molecular flexibility index (Phi) is 5.83. The van der Waals surface area contributed by atoms with Crippen molar-refractivity contribution in [3.05, 3.63) is 47.9 Å². The molecule has 1 aromatic heterocycles. The number of fused-ring (bicyclic) bond motifs is 1. The molecule has 0 aliphatic carbocycles.